The number of hydrogen-bond acceptors (Lipinski definition) is 2. The van der Waals surface area contributed by atoms with Crippen LogP contribution >= 0.6 is 0 Å². The highest BCUT2D eigenvalue weighted by molar-refractivity contribution is 5.84. The topological polar surface area (TPSA) is 18.5 Å². The van der Waals surface area contributed by atoms with E-state index in [9.17, 15) is 39.5 Å². The molecule has 0 aliphatic carbocycles. The van der Waals surface area contributed by atoms with Crippen LogP contribution in [0.1, 0.15) is 30.0 Å². The predicted octanol–water partition coefficient (Wildman–Crippen LogP) is 8.74. The fourth-order valence-electron chi connectivity index (χ4n) is 3.75. The molecule has 0 aliphatic rings. The fraction of sp³-hybridized carbons (Fsp3) is 0.185. The summed E-state index contributed by atoms with van der Waals surface area (Å²) in [6.07, 6.45) is -7.25. The third-order valence-electron chi connectivity index (χ3n) is 5.58. The van der Waals surface area contributed by atoms with E-state index in [4.69, 9.17) is 0 Å². The van der Waals surface area contributed by atoms with Crippen LogP contribution in [0.4, 0.5) is 39.5 Å². The molecule has 0 spiro atoms. The van der Waals surface area contributed by atoms with E-state index in [0.717, 1.165) is 30.5 Å². The number of halogens is 9. The molecule has 4 rings (SSSR count). The molecule has 0 unspecified atom stereocenters. The van der Waals surface area contributed by atoms with Crippen LogP contribution in [0.25, 0.3) is 10.8 Å². The first-order valence-electron chi connectivity index (χ1n) is 11.1. The van der Waals surface area contributed by atoms with Crippen LogP contribution in [0.5, 0.6) is 11.5 Å². The van der Waals surface area contributed by atoms with Gasteiger partial charge >= 0.3 is 12.2 Å². The number of alkyl halides is 4. The van der Waals surface area contributed by atoms with Crippen molar-refractivity contribution in [3.63, 3.8) is 0 Å². The highest BCUT2D eigenvalue weighted by Crippen LogP contribution is 2.39. The van der Waals surface area contributed by atoms with Gasteiger partial charge < -0.3 is 9.47 Å². The Morgan fingerprint density at radius 3 is 1.92 bits per heavy atom. The van der Waals surface area contributed by atoms with E-state index < -0.39 is 63.9 Å². The molecule has 0 N–H and O–H groups in total. The van der Waals surface area contributed by atoms with Gasteiger partial charge in [-0.05, 0) is 47.0 Å². The van der Waals surface area contributed by atoms with Crippen molar-refractivity contribution in [2.45, 2.75) is 32.0 Å². The predicted molar refractivity (Wildman–Crippen MR) is 120 cm³/mol. The van der Waals surface area contributed by atoms with Crippen molar-refractivity contribution in [1.29, 1.82) is 0 Å². The van der Waals surface area contributed by atoms with Gasteiger partial charge in [-0.15, -0.1) is 0 Å². The molecule has 0 fully saturated rings. The van der Waals surface area contributed by atoms with Crippen LogP contribution < -0.4 is 9.47 Å². The maximum atomic E-state index is 14.8. The van der Waals surface area contributed by atoms with Crippen LogP contribution in [0.2, 0.25) is 0 Å². The maximum Gasteiger partial charge on any atom is 0.429 e. The zero-order valence-corrected chi connectivity index (χ0v) is 19.4. The van der Waals surface area contributed by atoms with Crippen molar-refractivity contribution in [2.75, 3.05) is 0 Å². The largest absolute Gasteiger partial charge is 0.429 e. The van der Waals surface area contributed by atoms with Crippen LogP contribution in [-0.2, 0) is 18.6 Å². The van der Waals surface area contributed by atoms with Crippen LogP contribution in [0, 0.1) is 29.1 Å². The molecule has 11 heteroatoms. The summed E-state index contributed by atoms with van der Waals surface area (Å²) in [4.78, 5) is 0. The van der Waals surface area contributed by atoms with Gasteiger partial charge in [0.15, 0.2) is 29.0 Å². The van der Waals surface area contributed by atoms with Gasteiger partial charge in [0.1, 0.15) is 11.3 Å². The van der Waals surface area contributed by atoms with E-state index >= 15 is 0 Å². The number of hydrogen-bond donors (Lipinski definition) is 0. The van der Waals surface area contributed by atoms with E-state index in [1.807, 2.05) is 13.0 Å². The zero-order chi connectivity index (χ0) is 27.8. The van der Waals surface area contributed by atoms with Crippen LogP contribution in [0.3, 0.4) is 0 Å². The SMILES string of the molecule is CCCc1ccc2cc(C(F)(F)Oc3ccc(C(F)(F)Oc4cc(F)c(F)c(F)c4)c(F)c3F)ccc2c1. The second kappa shape index (κ2) is 10.1. The summed E-state index contributed by atoms with van der Waals surface area (Å²) in [5, 5.41) is 1.10. The second-order valence-corrected chi connectivity index (χ2v) is 8.32. The lowest BCUT2D eigenvalue weighted by Crippen LogP contribution is -2.26. The first-order valence-corrected chi connectivity index (χ1v) is 11.1. The molecular formula is C27H17F9O2. The Labute approximate surface area is 210 Å². The van der Waals surface area contributed by atoms with Crippen molar-refractivity contribution < 1.29 is 49.0 Å². The molecule has 0 aromatic heterocycles. The van der Waals surface area contributed by atoms with Gasteiger partial charge in [0.2, 0.25) is 5.82 Å². The Morgan fingerprint density at radius 2 is 1.26 bits per heavy atom. The third-order valence-corrected chi connectivity index (χ3v) is 5.58. The molecule has 2 nitrogen and oxygen atoms in total. The van der Waals surface area contributed by atoms with E-state index in [2.05, 4.69) is 9.47 Å². The summed E-state index contributed by atoms with van der Waals surface area (Å²) in [6.45, 7) is 1.99. The highest BCUT2D eigenvalue weighted by atomic mass is 19.3. The Balaban J connectivity index is 1.60. The molecule has 4 aromatic carbocycles. The van der Waals surface area contributed by atoms with Crippen molar-refractivity contribution in [3.8, 4) is 11.5 Å². The molecule has 0 aliphatic heterocycles. The summed E-state index contributed by atoms with van der Waals surface area (Å²) in [6, 6.07) is 9.39. The average Bonchev–Trinajstić information content (AvgIpc) is 2.84. The van der Waals surface area contributed by atoms with Gasteiger partial charge in [0, 0.05) is 12.1 Å². The summed E-state index contributed by atoms with van der Waals surface area (Å²) in [5.41, 5.74) is -1.49. The molecular weight excluding hydrogens is 527 g/mol. The molecule has 0 amide bonds. The monoisotopic (exact) mass is 544 g/mol. The number of aryl methyl sites for hydroxylation is 1. The minimum absolute atomic E-state index is 0.0623. The molecule has 4 aromatic rings. The summed E-state index contributed by atoms with van der Waals surface area (Å²) < 4.78 is 136. The van der Waals surface area contributed by atoms with Crippen molar-refractivity contribution in [2.24, 2.45) is 0 Å². The molecule has 0 radical (unpaired) electrons. The quantitative estimate of drug-likeness (QED) is 0.163. The first-order chi connectivity index (χ1) is 17.8. The van der Waals surface area contributed by atoms with Gasteiger partial charge in [-0.1, -0.05) is 37.6 Å². The number of ether oxygens (including phenoxy) is 2. The number of fused-ring (bicyclic) bond motifs is 1. The third kappa shape index (κ3) is 5.36. The summed E-state index contributed by atoms with van der Waals surface area (Å²) in [5.74, 6) is -12.8. The molecule has 0 heterocycles. The van der Waals surface area contributed by atoms with Gasteiger partial charge in [0.25, 0.3) is 0 Å². The van der Waals surface area contributed by atoms with E-state index in [1.165, 1.54) is 6.07 Å². The molecule has 0 saturated carbocycles. The minimum atomic E-state index is -4.74. The Kier molecular flexibility index (Phi) is 7.22. The van der Waals surface area contributed by atoms with E-state index in [-0.39, 0.29) is 18.2 Å². The molecule has 200 valence electrons. The smallest absolute Gasteiger partial charge is 0.429 e. The van der Waals surface area contributed by atoms with E-state index in [0.29, 0.717) is 16.8 Å². The first kappa shape index (κ1) is 27.2. The molecule has 38 heavy (non-hydrogen) atoms. The summed E-state index contributed by atoms with van der Waals surface area (Å²) in [7, 11) is 0. The molecule has 0 bridgehead atoms. The van der Waals surface area contributed by atoms with Crippen LogP contribution in [-0.4, -0.2) is 0 Å². The number of rotatable bonds is 8. The zero-order valence-electron chi connectivity index (χ0n) is 19.4. The highest BCUT2D eigenvalue weighted by Gasteiger charge is 2.42. The van der Waals surface area contributed by atoms with Crippen molar-refractivity contribution in [3.05, 3.63) is 106 Å². The van der Waals surface area contributed by atoms with Crippen molar-refractivity contribution >= 4 is 10.8 Å². The van der Waals surface area contributed by atoms with Gasteiger partial charge in [-0.2, -0.15) is 22.0 Å². The van der Waals surface area contributed by atoms with Crippen LogP contribution in [0.15, 0.2) is 60.7 Å². The Morgan fingerprint density at radius 1 is 0.632 bits per heavy atom. The van der Waals surface area contributed by atoms with Crippen molar-refractivity contribution in [1.82, 2.24) is 0 Å². The fourth-order valence-corrected chi connectivity index (χ4v) is 3.75. The summed E-state index contributed by atoms with van der Waals surface area (Å²) >= 11 is 0. The molecule has 0 atom stereocenters. The second-order valence-electron chi connectivity index (χ2n) is 8.32. The lowest BCUT2D eigenvalue weighted by Gasteiger charge is -2.22. The average molecular weight is 544 g/mol. The number of benzene rings is 4. The Hall–Kier alpha value is -3.89. The standard InChI is InChI=1S/C27H17F9O2/c1-2-3-14-4-5-16-11-17(7-6-15(16)10-14)26(33,34)38-22-9-8-19(23(30)25(22)32)27(35,36)37-18-12-20(28)24(31)21(29)13-18/h4-13H,2-3H2,1H3. The Bertz CT molecular complexity index is 1480. The van der Waals surface area contributed by atoms with E-state index in [1.54, 1.807) is 12.1 Å². The maximum absolute atomic E-state index is 14.8. The lowest BCUT2D eigenvalue weighted by atomic mass is 10.0. The van der Waals surface area contributed by atoms with Gasteiger partial charge in [-0.25, -0.2) is 17.6 Å². The van der Waals surface area contributed by atoms with Gasteiger partial charge in [0.05, 0.1) is 5.56 Å². The normalized spacial score (nSPS) is 12.2. The lowest BCUT2D eigenvalue weighted by molar-refractivity contribution is -0.190. The molecule has 0 saturated heterocycles. The minimum Gasteiger partial charge on any atom is -0.429 e. The van der Waals surface area contributed by atoms with Gasteiger partial charge in [-0.3, -0.25) is 0 Å².